The first-order valence-corrected chi connectivity index (χ1v) is 10.4. The lowest BCUT2D eigenvalue weighted by Gasteiger charge is -2.66. The average molecular weight is 376 g/mol. The van der Waals surface area contributed by atoms with E-state index >= 15 is 0 Å². The van der Waals surface area contributed by atoms with Gasteiger partial charge in [0.05, 0.1) is 12.7 Å². The molecule has 5 heteroatoms. The Kier molecular flexibility index (Phi) is 4.36. The van der Waals surface area contributed by atoms with Crippen LogP contribution in [0.4, 0.5) is 0 Å². The quantitative estimate of drug-likeness (QED) is 0.584. The highest BCUT2D eigenvalue weighted by atomic mass is 16.5. The highest BCUT2D eigenvalue weighted by Gasteiger charge is 2.67. The van der Waals surface area contributed by atoms with Gasteiger partial charge in [-0.1, -0.05) is 19.9 Å². The Hall–Kier alpha value is -1.20. The van der Waals surface area contributed by atoms with E-state index in [0.29, 0.717) is 6.42 Å². The third kappa shape index (κ3) is 2.43. The molecular weight excluding hydrogens is 344 g/mol. The van der Waals surface area contributed by atoms with E-state index in [0.717, 1.165) is 44.0 Å². The van der Waals surface area contributed by atoms with Crippen molar-refractivity contribution in [2.45, 2.75) is 71.5 Å². The van der Waals surface area contributed by atoms with E-state index in [1.807, 2.05) is 6.92 Å². The Bertz CT molecular complexity index is 686. The molecule has 4 aliphatic rings. The molecule has 0 aromatic carbocycles. The summed E-state index contributed by atoms with van der Waals surface area (Å²) in [5, 5.41) is 21.6. The number of allylic oxidation sites excluding steroid dienone is 1. The van der Waals surface area contributed by atoms with E-state index in [2.05, 4.69) is 13.0 Å². The van der Waals surface area contributed by atoms with Gasteiger partial charge in [-0.25, -0.2) is 0 Å². The fraction of sp³-hybridized carbons (Fsp3) is 0.818. The smallest absolute Gasteiger partial charge is 0.302 e. The van der Waals surface area contributed by atoms with Crippen LogP contribution < -0.4 is 0 Å². The van der Waals surface area contributed by atoms with Crippen LogP contribution in [0, 0.1) is 34.0 Å². The molecule has 2 N–H and O–H groups in total. The van der Waals surface area contributed by atoms with Crippen molar-refractivity contribution < 1.29 is 24.5 Å². The highest BCUT2D eigenvalue weighted by Crippen LogP contribution is 2.70. The molecule has 0 saturated heterocycles. The molecule has 5 nitrogen and oxygen atoms in total. The van der Waals surface area contributed by atoms with Crippen molar-refractivity contribution in [3.05, 3.63) is 11.6 Å². The zero-order valence-corrected chi connectivity index (χ0v) is 16.6. The van der Waals surface area contributed by atoms with Crippen LogP contribution >= 0.6 is 0 Å². The van der Waals surface area contributed by atoms with Gasteiger partial charge in [-0.2, -0.15) is 0 Å². The van der Waals surface area contributed by atoms with Crippen molar-refractivity contribution in [3.63, 3.8) is 0 Å². The molecule has 0 radical (unpaired) electrons. The highest BCUT2D eigenvalue weighted by molar-refractivity contribution is 5.75. The molecular formula is C22H32O5. The number of carbonyl (C=O) groups excluding carboxylic acids is 2. The standard InChI is InChI=1S/C22H32O5/c1-13(25)27-19-6-7-20(2)16-5-4-14-9-22(16,10-15(14)11-23)18(26)8-17(20)21(19,3)12-24/h10-11,14,16-19,24,26H,4-9,12H2,1-3H3/t14-,16+,17-,18+,19-,20+,21-,22-/m1/s1. The second-order valence-electron chi connectivity index (χ2n) is 10.0. The lowest BCUT2D eigenvalue weighted by atomic mass is 9.40. The molecule has 4 rings (SSSR count). The average Bonchev–Trinajstić information content (AvgIpc) is 2.92. The fourth-order valence-corrected chi connectivity index (χ4v) is 7.65. The number of carbonyl (C=O) groups is 2. The number of hydrogen-bond acceptors (Lipinski definition) is 5. The molecule has 8 atom stereocenters. The van der Waals surface area contributed by atoms with Gasteiger partial charge in [0, 0.05) is 17.8 Å². The van der Waals surface area contributed by atoms with E-state index in [1.165, 1.54) is 6.92 Å². The van der Waals surface area contributed by atoms with Crippen LogP contribution in [0.3, 0.4) is 0 Å². The first-order valence-electron chi connectivity index (χ1n) is 10.4. The lowest BCUT2D eigenvalue weighted by Crippen LogP contribution is -2.65. The van der Waals surface area contributed by atoms with Gasteiger partial charge in [0.15, 0.2) is 0 Å². The minimum atomic E-state index is -0.562. The van der Waals surface area contributed by atoms with Crippen LogP contribution in [-0.2, 0) is 14.3 Å². The van der Waals surface area contributed by atoms with Gasteiger partial charge >= 0.3 is 5.97 Å². The lowest BCUT2D eigenvalue weighted by molar-refractivity contribution is -0.228. The zero-order valence-electron chi connectivity index (χ0n) is 16.6. The molecule has 0 heterocycles. The summed E-state index contributed by atoms with van der Waals surface area (Å²) in [5.74, 6) is 0.335. The number of esters is 1. The summed E-state index contributed by atoms with van der Waals surface area (Å²) < 4.78 is 5.62. The maximum atomic E-state index is 11.6. The maximum Gasteiger partial charge on any atom is 0.302 e. The zero-order chi connectivity index (χ0) is 19.6. The molecule has 0 aromatic heterocycles. The molecule has 4 aliphatic carbocycles. The fourth-order valence-electron chi connectivity index (χ4n) is 7.65. The van der Waals surface area contributed by atoms with E-state index in [4.69, 9.17) is 4.74 Å². The van der Waals surface area contributed by atoms with Crippen molar-refractivity contribution >= 4 is 12.3 Å². The molecule has 2 bridgehead atoms. The van der Waals surface area contributed by atoms with Crippen molar-refractivity contribution in [1.82, 2.24) is 0 Å². The maximum absolute atomic E-state index is 11.6. The van der Waals surface area contributed by atoms with Gasteiger partial charge in [-0.3, -0.25) is 9.59 Å². The third-order valence-electron chi connectivity index (χ3n) is 8.89. The molecule has 1 spiro atoms. The van der Waals surface area contributed by atoms with Crippen LogP contribution in [0.1, 0.15) is 59.3 Å². The van der Waals surface area contributed by atoms with Gasteiger partial charge < -0.3 is 14.9 Å². The van der Waals surface area contributed by atoms with Gasteiger partial charge in [0.2, 0.25) is 0 Å². The second kappa shape index (κ2) is 6.15. The Morgan fingerprint density at radius 1 is 1.30 bits per heavy atom. The minimum absolute atomic E-state index is 0.0484. The number of aliphatic hydroxyl groups is 2. The van der Waals surface area contributed by atoms with Crippen LogP contribution in [0.15, 0.2) is 11.6 Å². The van der Waals surface area contributed by atoms with E-state index in [1.54, 1.807) is 0 Å². The summed E-state index contributed by atoms with van der Waals surface area (Å²) in [6, 6.07) is 0. The van der Waals surface area contributed by atoms with Crippen molar-refractivity contribution in [2.24, 2.45) is 34.0 Å². The van der Waals surface area contributed by atoms with Gasteiger partial charge in [-0.05, 0) is 67.3 Å². The summed E-state index contributed by atoms with van der Waals surface area (Å²) >= 11 is 0. The molecule has 0 unspecified atom stereocenters. The van der Waals surface area contributed by atoms with Gasteiger partial charge in [-0.15, -0.1) is 0 Å². The largest absolute Gasteiger partial charge is 0.462 e. The Morgan fingerprint density at radius 3 is 2.67 bits per heavy atom. The molecule has 150 valence electrons. The van der Waals surface area contributed by atoms with E-state index in [9.17, 15) is 19.8 Å². The number of aliphatic hydroxyl groups excluding tert-OH is 2. The van der Waals surface area contributed by atoms with Crippen LogP contribution in [0.25, 0.3) is 0 Å². The van der Waals surface area contributed by atoms with Crippen LogP contribution in [0.2, 0.25) is 0 Å². The monoisotopic (exact) mass is 376 g/mol. The topological polar surface area (TPSA) is 83.8 Å². The molecule has 3 fully saturated rings. The molecule has 0 amide bonds. The summed E-state index contributed by atoms with van der Waals surface area (Å²) in [6.45, 7) is 5.68. The first kappa shape index (κ1) is 19.1. The van der Waals surface area contributed by atoms with Crippen molar-refractivity contribution in [2.75, 3.05) is 6.61 Å². The summed E-state index contributed by atoms with van der Waals surface area (Å²) in [6.07, 6.45) is 7.34. The summed E-state index contributed by atoms with van der Waals surface area (Å²) in [5.41, 5.74) is -0.0482. The number of ether oxygens (including phenoxy) is 1. The van der Waals surface area contributed by atoms with Crippen molar-refractivity contribution in [3.8, 4) is 0 Å². The third-order valence-corrected chi connectivity index (χ3v) is 8.89. The Balaban J connectivity index is 1.75. The van der Waals surface area contributed by atoms with Gasteiger partial charge in [0.25, 0.3) is 0 Å². The number of fused-ring (bicyclic) bond motifs is 3. The first-order chi connectivity index (χ1) is 12.7. The van der Waals surface area contributed by atoms with E-state index in [-0.39, 0.29) is 47.3 Å². The Morgan fingerprint density at radius 2 is 2.04 bits per heavy atom. The minimum Gasteiger partial charge on any atom is -0.462 e. The summed E-state index contributed by atoms with van der Waals surface area (Å²) in [4.78, 5) is 23.2. The SMILES string of the molecule is CC(=O)O[C@@H]1CC[C@]2(C)[C@@H](C[C@H](O)[C@]34C=C(C=O)[C@H](CC[C@@H]23)C4)[C@@]1(C)CO. The molecule has 0 aliphatic heterocycles. The van der Waals surface area contributed by atoms with Crippen molar-refractivity contribution in [1.29, 1.82) is 0 Å². The Labute approximate surface area is 161 Å². The normalized spacial score (nSPS) is 51.0. The van der Waals surface area contributed by atoms with Gasteiger partial charge in [0.1, 0.15) is 12.4 Å². The number of aldehydes is 1. The second-order valence-corrected chi connectivity index (χ2v) is 10.0. The van der Waals surface area contributed by atoms with Crippen LogP contribution in [-0.4, -0.2) is 41.3 Å². The molecule has 3 saturated carbocycles. The number of hydrogen-bond donors (Lipinski definition) is 2. The number of rotatable bonds is 3. The predicted octanol–water partition coefficient (Wildman–Crippen LogP) is 2.64. The summed E-state index contributed by atoms with van der Waals surface area (Å²) in [7, 11) is 0. The van der Waals surface area contributed by atoms with E-state index < -0.39 is 11.5 Å². The predicted molar refractivity (Wildman–Crippen MR) is 99.6 cm³/mol. The molecule has 0 aromatic rings. The van der Waals surface area contributed by atoms with Crippen LogP contribution in [0.5, 0.6) is 0 Å². The molecule has 27 heavy (non-hydrogen) atoms.